The Morgan fingerprint density at radius 2 is 1.78 bits per heavy atom. The lowest BCUT2D eigenvalue weighted by Crippen LogP contribution is -2.54. The molecule has 0 saturated carbocycles. The van der Waals surface area contributed by atoms with E-state index in [2.05, 4.69) is 15.1 Å². The highest BCUT2D eigenvalue weighted by Gasteiger charge is 2.48. The van der Waals surface area contributed by atoms with Gasteiger partial charge in [0.1, 0.15) is 11.6 Å². The van der Waals surface area contributed by atoms with Crippen molar-refractivity contribution in [2.75, 3.05) is 4.90 Å². The topological polar surface area (TPSA) is 66.8 Å². The number of aromatic nitrogens is 4. The van der Waals surface area contributed by atoms with Gasteiger partial charge in [-0.05, 0) is 35.9 Å². The fraction of sp³-hybridized carbons (Fsp3) is 0.190. The molecule has 3 heterocycles. The minimum atomic E-state index is -4.74. The van der Waals surface area contributed by atoms with Crippen molar-refractivity contribution in [1.82, 2.24) is 19.7 Å². The maximum atomic E-state index is 15.1. The van der Waals surface area contributed by atoms with Crippen LogP contribution in [0.4, 0.5) is 27.6 Å². The first-order valence-electron chi connectivity index (χ1n) is 9.52. The number of benzene rings is 2. The number of hydrogen-bond donors (Lipinski definition) is 1. The third-order valence-electron chi connectivity index (χ3n) is 5.61. The lowest BCUT2D eigenvalue weighted by molar-refractivity contribution is -0.212. The van der Waals surface area contributed by atoms with Gasteiger partial charge in [0.2, 0.25) is 5.91 Å². The van der Waals surface area contributed by atoms with Crippen LogP contribution in [0, 0.1) is 17.6 Å². The largest absolute Gasteiger partial charge is 0.504 e. The second-order valence-electron chi connectivity index (χ2n) is 7.54. The van der Waals surface area contributed by atoms with Crippen LogP contribution in [0.5, 0.6) is 0 Å². The molecule has 32 heavy (non-hydrogen) atoms. The number of carbonyl (C=O) groups excluding carboxylic acids is 1. The number of rotatable bonds is 3. The Balaban J connectivity index is 1.53. The molecule has 0 radical (unpaired) electrons. The first-order valence-corrected chi connectivity index (χ1v) is 9.52. The number of hydrogen-bond acceptors (Lipinski definition) is 3. The van der Waals surface area contributed by atoms with Crippen molar-refractivity contribution < 1.29 is 26.7 Å². The predicted molar refractivity (Wildman–Crippen MR) is 104 cm³/mol. The molecule has 0 bridgehead atoms. The summed E-state index contributed by atoms with van der Waals surface area (Å²) in [5.74, 6) is -2.92. The number of β-lactam (4-membered cyclic amide) rings is 1. The first kappa shape index (κ1) is 20.2. The van der Waals surface area contributed by atoms with Crippen molar-refractivity contribution in [1.29, 1.82) is 0 Å². The number of aromatic amines is 1. The molecule has 1 aliphatic rings. The standard InChI is InChI=1S/C21H14F5N5O/c1-10-19(31(20(10)32)13-2-3-16-17(6-13)28-9-27-16)18-14(22)4-11(5-15(18)23)12-7-29-30(8-12)21(24,25)26/h2-10,19H,1H3,(H,27,28)/t10-,19-/m1/s1. The Hall–Kier alpha value is -3.76. The van der Waals surface area contributed by atoms with Gasteiger partial charge < -0.3 is 9.88 Å². The molecule has 6 nitrogen and oxygen atoms in total. The van der Waals surface area contributed by atoms with Gasteiger partial charge in [-0.2, -0.15) is 9.78 Å². The maximum Gasteiger partial charge on any atom is 0.504 e. The van der Waals surface area contributed by atoms with E-state index in [9.17, 15) is 18.0 Å². The summed E-state index contributed by atoms with van der Waals surface area (Å²) in [5.41, 5.74) is 1.25. The number of nitrogens with one attached hydrogen (secondary N) is 1. The SMILES string of the molecule is C[C@H]1C(=O)N(c2ccc3[nH]cnc3c2)[C@H]1c1c(F)cc(-c2cnn(C(F)(F)F)c2)cc1F. The van der Waals surface area contributed by atoms with Crippen LogP contribution in [0.15, 0.2) is 49.1 Å². The van der Waals surface area contributed by atoms with E-state index in [0.717, 1.165) is 23.8 Å². The van der Waals surface area contributed by atoms with Gasteiger partial charge in [0.15, 0.2) is 0 Å². The lowest BCUT2D eigenvalue weighted by atomic mass is 9.82. The van der Waals surface area contributed by atoms with E-state index < -0.39 is 29.9 Å². The molecule has 0 aliphatic carbocycles. The summed E-state index contributed by atoms with van der Waals surface area (Å²) in [6.07, 6.45) is -1.73. The number of fused-ring (bicyclic) bond motifs is 1. The van der Waals surface area contributed by atoms with Gasteiger partial charge in [-0.3, -0.25) is 4.79 Å². The summed E-state index contributed by atoms with van der Waals surface area (Å²) < 4.78 is 68.2. The number of anilines is 1. The van der Waals surface area contributed by atoms with E-state index in [4.69, 9.17) is 0 Å². The molecule has 0 unspecified atom stereocenters. The Kier molecular flexibility index (Phi) is 4.33. The molecule has 1 fully saturated rings. The summed E-state index contributed by atoms with van der Waals surface area (Å²) >= 11 is 0. The summed E-state index contributed by atoms with van der Waals surface area (Å²) in [6, 6.07) is 5.97. The first-order chi connectivity index (χ1) is 15.1. The Morgan fingerprint density at radius 3 is 2.44 bits per heavy atom. The van der Waals surface area contributed by atoms with E-state index >= 15 is 8.78 Å². The molecule has 11 heteroatoms. The van der Waals surface area contributed by atoms with Crippen LogP contribution in [0.25, 0.3) is 22.2 Å². The lowest BCUT2D eigenvalue weighted by Gasteiger charge is -2.46. The van der Waals surface area contributed by atoms with E-state index in [1.165, 1.54) is 11.2 Å². The number of nitrogens with zero attached hydrogens (tertiary/aromatic N) is 4. The van der Waals surface area contributed by atoms with Crippen LogP contribution in [0.1, 0.15) is 18.5 Å². The van der Waals surface area contributed by atoms with Crippen molar-refractivity contribution in [3.63, 3.8) is 0 Å². The molecule has 2 atom stereocenters. The molecule has 1 aliphatic heterocycles. The van der Waals surface area contributed by atoms with Crippen molar-refractivity contribution >= 4 is 22.6 Å². The monoisotopic (exact) mass is 447 g/mol. The molecule has 0 spiro atoms. The molecule has 5 rings (SSSR count). The number of H-pyrrole nitrogens is 1. The number of amides is 1. The predicted octanol–water partition coefficient (Wildman–Crippen LogP) is 4.90. The average Bonchev–Trinajstić information content (AvgIpc) is 3.41. The van der Waals surface area contributed by atoms with Crippen molar-refractivity contribution in [3.8, 4) is 11.1 Å². The van der Waals surface area contributed by atoms with E-state index in [-0.39, 0.29) is 27.3 Å². The van der Waals surface area contributed by atoms with Gasteiger partial charge in [0.25, 0.3) is 0 Å². The molecule has 4 aromatic rings. The zero-order valence-corrected chi connectivity index (χ0v) is 16.4. The fourth-order valence-corrected chi connectivity index (χ4v) is 4.01. The fourth-order valence-electron chi connectivity index (χ4n) is 4.01. The van der Waals surface area contributed by atoms with Crippen LogP contribution >= 0.6 is 0 Å². The zero-order chi connectivity index (χ0) is 22.8. The van der Waals surface area contributed by atoms with Gasteiger partial charge in [0.05, 0.1) is 35.5 Å². The highest BCUT2D eigenvalue weighted by molar-refractivity contribution is 6.04. The highest BCUT2D eigenvalue weighted by Crippen LogP contribution is 2.46. The molecule has 2 aromatic heterocycles. The Labute approximate surface area is 177 Å². The zero-order valence-electron chi connectivity index (χ0n) is 16.4. The average molecular weight is 447 g/mol. The summed E-state index contributed by atoms with van der Waals surface area (Å²) in [5, 5.41) is 3.19. The van der Waals surface area contributed by atoms with E-state index in [1.54, 1.807) is 25.1 Å². The van der Waals surface area contributed by atoms with Crippen LogP contribution in [0.2, 0.25) is 0 Å². The summed E-state index contributed by atoms with van der Waals surface area (Å²) in [6.45, 7) is 1.57. The van der Waals surface area contributed by atoms with Crippen LogP contribution in [0.3, 0.4) is 0 Å². The van der Waals surface area contributed by atoms with E-state index in [0.29, 0.717) is 17.4 Å². The molecule has 2 aromatic carbocycles. The molecule has 1 N–H and O–H groups in total. The molecule has 1 saturated heterocycles. The third kappa shape index (κ3) is 3.03. The molecule has 1 amide bonds. The van der Waals surface area contributed by atoms with Gasteiger partial charge in [-0.15, -0.1) is 13.2 Å². The van der Waals surface area contributed by atoms with Crippen LogP contribution in [-0.4, -0.2) is 25.7 Å². The molecule has 164 valence electrons. The van der Waals surface area contributed by atoms with Gasteiger partial charge >= 0.3 is 6.30 Å². The van der Waals surface area contributed by atoms with Crippen LogP contribution in [-0.2, 0) is 11.1 Å². The minimum absolute atomic E-state index is 0.0924. The smallest absolute Gasteiger partial charge is 0.345 e. The van der Waals surface area contributed by atoms with Crippen LogP contribution < -0.4 is 4.90 Å². The molecular weight excluding hydrogens is 433 g/mol. The second-order valence-corrected chi connectivity index (χ2v) is 7.54. The number of halogens is 5. The maximum absolute atomic E-state index is 15.1. The molecular formula is C21H14F5N5O. The Morgan fingerprint density at radius 1 is 1.06 bits per heavy atom. The second kappa shape index (κ2) is 6.87. The highest BCUT2D eigenvalue weighted by atomic mass is 19.4. The quantitative estimate of drug-likeness (QED) is 0.359. The Bertz CT molecular complexity index is 1340. The third-order valence-corrected chi connectivity index (χ3v) is 5.61. The number of imidazole rings is 1. The summed E-state index contributed by atoms with van der Waals surface area (Å²) in [7, 11) is 0. The van der Waals surface area contributed by atoms with Gasteiger partial charge in [-0.1, -0.05) is 6.92 Å². The van der Waals surface area contributed by atoms with Crippen molar-refractivity contribution in [2.45, 2.75) is 19.3 Å². The van der Waals surface area contributed by atoms with Crippen molar-refractivity contribution in [3.05, 3.63) is 66.3 Å². The number of carbonyl (C=O) groups is 1. The van der Waals surface area contributed by atoms with E-state index in [1.807, 2.05) is 0 Å². The number of alkyl halides is 3. The van der Waals surface area contributed by atoms with Gasteiger partial charge in [-0.25, -0.2) is 13.8 Å². The minimum Gasteiger partial charge on any atom is -0.345 e. The van der Waals surface area contributed by atoms with Gasteiger partial charge in [0, 0.05) is 23.0 Å². The van der Waals surface area contributed by atoms with Crippen molar-refractivity contribution in [2.24, 2.45) is 5.92 Å². The summed E-state index contributed by atoms with van der Waals surface area (Å²) in [4.78, 5) is 20.9. The normalized spacial score (nSPS) is 18.9.